The molecule has 0 nitrogen and oxygen atoms in total. The number of hydrogen-bond donors (Lipinski definition) is 0. The van der Waals surface area contributed by atoms with E-state index in [1.807, 2.05) is 59.8 Å². The van der Waals surface area contributed by atoms with Gasteiger partial charge in [-0.05, 0) is 64.4 Å². The van der Waals surface area contributed by atoms with Gasteiger partial charge in [-0.2, -0.15) is 0 Å². The Balaban J connectivity index is -0.0000000682. The van der Waals surface area contributed by atoms with E-state index in [4.69, 9.17) is 0 Å². The smallest absolute Gasteiger partial charge is 0.0305 e. The molecule has 0 amide bonds. The molecule has 0 rings (SSSR count). The molecule has 0 heterocycles. The highest BCUT2D eigenvalue weighted by Gasteiger charge is 2.17. The average Bonchev–Trinajstić information content (AvgIpc) is 2.91. The van der Waals surface area contributed by atoms with E-state index in [9.17, 15) is 0 Å². The first-order valence-electron chi connectivity index (χ1n) is 15.7. The summed E-state index contributed by atoms with van der Waals surface area (Å²) in [6.45, 7) is 50.7. The molecule has 39 heavy (non-hydrogen) atoms. The quantitative estimate of drug-likeness (QED) is 0.189. The molecule has 0 aromatic rings. The van der Waals surface area contributed by atoms with E-state index in [1.54, 1.807) is 6.08 Å². The maximum Gasteiger partial charge on any atom is -0.0305 e. The second-order valence-corrected chi connectivity index (χ2v) is 10.00. The van der Waals surface area contributed by atoms with Crippen LogP contribution in [0, 0.1) is 11.3 Å². The van der Waals surface area contributed by atoms with Crippen LogP contribution >= 0.6 is 0 Å². The lowest BCUT2D eigenvalue weighted by molar-refractivity contribution is 0.270. The zero-order valence-corrected chi connectivity index (χ0v) is 30.6. The zero-order chi connectivity index (χ0) is 32.9. The van der Waals surface area contributed by atoms with E-state index in [2.05, 4.69) is 115 Å². The van der Waals surface area contributed by atoms with Crippen molar-refractivity contribution in [1.29, 1.82) is 0 Å². The predicted molar refractivity (Wildman–Crippen MR) is 194 cm³/mol. The number of allylic oxidation sites excluding steroid dienone is 10. The van der Waals surface area contributed by atoms with Crippen molar-refractivity contribution in [3.63, 3.8) is 0 Å². The van der Waals surface area contributed by atoms with E-state index in [-0.39, 0.29) is 0 Å². The third kappa shape index (κ3) is 61.7. The molecule has 0 aromatic carbocycles. The van der Waals surface area contributed by atoms with Gasteiger partial charge in [0.15, 0.2) is 0 Å². The van der Waals surface area contributed by atoms with Crippen LogP contribution in [0.2, 0.25) is 0 Å². The van der Waals surface area contributed by atoms with E-state index in [0.29, 0.717) is 5.41 Å². The second-order valence-electron chi connectivity index (χ2n) is 10.00. The monoisotopic (exact) mass is 547 g/mol. The Morgan fingerprint density at radius 2 is 1.18 bits per heavy atom. The lowest BCUT2D eigenvalue weighted by Crippen LogP contribution is -2.12. The Bertz CT molecular complexity index is 582. The average molecular weight is 547 g/mol. The minimum atomic E-state index is 0.634. The Morgan fingerprint density at radius 3 is 1.38 bits per heavy atom. The number of rotatable bonds is 10. The van der Waals surface area contributed by atoms with Crippen LogP contribution in [0.3, 0.4) is 0 Å². The van der Waals surface area contributed by atoms with Crippen LogP contribution in [0.4, 0.5) is 0 Å². The molecule has 0 N–H and O–H groups in total. The first kappa shape index (κ1) is 53.4. The molecule has 0 aromatic heterocycles. The molecular weight excluding hydrogens is 468 g/mol. The highest BCUT2D eigenvalue weighted by atomic mass is 14.2. The third-order valence-electron chi connectivity index (χ3n) is 5.31. The van der Waals surface area contributed by atoms with Crippen LogP contribution in [-0.2, 0) is 0 Å². The lowest BCUT2D eigenvalue weighted by Gasteiger charge is -2.25. The van der Waals surface area contributed by atoms with Gasteiger partial charge in [0.2, 0.25) is 0 Å². The van der Waals surface area contributed by atoms with Gasteiger partial charge in [-0.25, -0.2) is 0 Å². The van der Waals surface area contributed by atoms with Crippen LogP contribution in [0.25, 0.3) is 0 Å². The zero-order valence-electron chi connectivity index (χ0n) is 30.6. The SMILES string of the molecule is C=C(C)C(=C)/C=C\C(C)=C(C)C.C=C/C=C\CC(C)C.C=CC.CC.CC.CCC.CCCC(C)(CC)CC. The fourth-order valence-electron chi connectivity index (χ4n) is 2.19. The summed E-state index contributed by atoms with van der Waals surface area (Å²) < 4.78 is 0. The van der Waals surface area contributed by atoms with E-state index >= 15 is 0 Å². The summed E-state index contributed by atoms with van der Waals surface area (Å²) in [6.07, 6.45) is 19.6. The standard InChI is InChI=1S/C12H18.C9H20.C8H14.C3H8.C3H6.2C2H6/c1-9(2)11(5)7-8-12(6)10(3)4;1-5-8-9(4,6-2)7-3;1-4-5-6-7-8(2)3;2*1-3-2;2*1-2/h7-8H,1,5H2,2-4,6H3;5-8H2,1-4H3;4-6,8H,1,7H2,2-3H3;3H2,1-2H3;3H,1H2,2H3;2*1-2H3/b8-7-;;6-5-;;;;. The summed E-state index contributed by atoms with van der Waals surface area (Å²) in [5.41, 5.74) is 5.27. The van der Waals surface area contributed by atoms with Crippen molar-refractivity contribution in [3.8, 4) is 0 Å². The van der Waals surface area contributed by atoms with Gasteiger partial charge in [0, 0.05) is 0 Å². The number of hydrogen-bond acceptors (Lipinski definition) is 0. The molecule has 0 atom stereocenters. The van der Waals surface area contributed by atoms with Gasteiger partial charge >= 0.3 is 0 Å². The predicted octanol–water partition coefficient (Wildman–Crippen LogP) is 15.1. The normalized spacial score (nSPS) is 9.18. The molecule has 0 bridgehead atoms. The van der Waals surface area contributed by atoms with Crippen molar-refractivity contribution in [3.05, 3.63) is 85.1 Å². The van der Waals surface area contributed by atoms with Crippen molar-refractivity contribution in [2.24, 2.45) is 11.3 Å². The van der Waals surface area contributed by atoms with Crippen molar-refractivity contribution < 1.29 is 0 Å². The molecule has 0 unspecified atom stereocenters. The molecule has 0 saturated heterocycles. The highest BCUT2D eigenvalue weighted by Crippen LogP contribution is 2.30. The first-order valence-corrected chi connectivity index (χ1v) is 15.7. The van der Waals surface area contributed by atoms with Crippen LogP contribution in [-0.4, -0.2) is 0 Å². The van der Waals surface area contributed by atoms with E-state index < -0.39 is 0 Å². The molecule has 0 aliphatic carbocycles. The Morgan fingerprint density at radius 1 is 0.795 bits per heavy atom. The highest BCUT2D eigenvalue weighted by molar-refractivity contribution is 5.37. The summed E-state index contributed by atoms with van der Waals surface area (Å²) in [4.78, 5) is 0. The van der Waals surface area contributed by atoms with Gasteiger partial charge in [-0.15, -0.1) is 6.58 Å². The molecule has 0 aliphatic rings. The summed E-state index contributed by atoms with van der Waals surface area (Å²) in [5, 5.41) is 0. The molecule has 0 spiro atoms. The lowest BCUT2D eigenvalue weighted by atomic mass is 9.81. The van der Waals surface area contributed by atoms with Crippen molar-refractivity contribution in [1.82, 2.24) is 0 Å². The third-order valence-corrected chi connectivity index (χ3v) is 5.31. The first-order chi connectivity index (χ1) is 18.2. The van der Waals surface area contributed by atoms with Crippen molar-refractivity contribution in [2.75, 3.05) is 0 Å². The minimum absolute atomic E-state index is 0.634. The maximum atomic E-state index is 3.88. The largest absolute Gasteiger partial charge is 0.103 e. The Hall–Kier alpha value is -1.82. The Labute approximate surface area is 252 Å². The fourth-order valence-corrected chi connectivity index (χ4v) is 2.19. The van der Waals surface area contributed by atoms with Gasteiger partial charge in [0.05, 0.1) is 0 Å². The van der Waals surface area contributed by atoms with Gasteiger partial charge in [0.1, 0.15) is 0 Å². The summed E-state index contributed by atoms with van der Waals surface area (Å²) in [6, 6.07) is 0. The molecule has 234 valence electrons. The molecule has 0 heteroatoms. The van der Waals surface area contributed by atoms with Crippen LogP contribution in [0.1, 0.15) is 156 Å². The molecule has 0 saturated carbocycles. The topological polar surface area (TPSA) is 0 Å². The van der Waals surface area contributed by atoms with Gasteiger partial charge in [-0.1, -0.05) is 182 Å². The van der Waals surface area contributed by atoms with Gasteiger partial charge in [0.25, 0.3) is 0 Å². The summed E-state index contributed by atoms with van der Waals surface area (Å²) >= 11 is 0. The minimum Gasteiger partial charge on any atom is -0.103 e. The van der Waals surface area contributed by atoms with Crippen molar-refractivity contribution in [2.45, 2.75) is 156 Å². The fraction of sp³-hybridized carbons (Fsp3) is 0.641. The summed E-state index contributed by atoms with van der Waals surface area (Å²) in [5.74, 6) is 0.770. The van der Waals surface area contributed by atoms with Crippen molar-refractivity contribution >= 4 is 0 Å². The van der Waals surface area contributed by atoms with Crippen LogP contribution in [0.5, 0.6) is 0 Å². The maximum absolute atomic E-state index is 3.88. The van der Waals surface area contributed by atoms with Gasteiger partial charge < -0.3 is 0 Å². The molecule has 0 fully saturated rings. The van der Waals surface area contributed by atoms with E-state index in [1.165, 1.54) is 43.3 Å². The Kier molecular flexibility index (Phi) is 63.1. The van der Waals surface area contributed by atoms with E-state index in [0.717, 1.165) is 23.5 Å². The second kappa shape index (κ2) is 46.1. The molecule has 0 radical (unpaired) electrons. The summed E-state index contributed by atoms with van der Waals surface area (Å²) in [7, 11) is 0. The van der Waals surface area contributed by atoms with Crippen LogP contribution < -0.4 is 0 Å². The van der Waals surface area contributed by atoms with Crippen LogP contribution in [0.15, 0.2) is 85.1 Å². The molecular formula is C39H78. The molecule has 0 aliphatic heterocycles. The van der Waals surface area contributed by atoms with Gasteiger partial charge in [-0.3, -0.25) is 0 Å².